The summed E-state index contributed by atoms with van der Waals surface area (Å²) in [7, 11) is 1.86. The summed E-state index contributed by atoms with van der Waals surface area (Å²) in [6, 6.07) is 0.0697. The molecule has 3 nitrogen and oxygen atoms in total. The minimum absolute atomic E-state index is 0.0497. The molecule has 0 aliphatic heterocycles. The lowest BCUT2D eigenvalue weighted by Gasteiger charge is -2.35. The van der Waals surface area contributed by atoms with E-state index in [0.717, 1.165) is 19.4 Å². The number of hydrogen-bond acceptors (Lipinski definition) is 2. The third-order valence-corrected chi connectivity index (χ3v) is 3.41. The van der Waals surface area contributed by atoms with E-state index in [1.807, 2.05) is 14.0 Å². The number of carbonyl (C=O) groups is 1. The van der Waals surface area contributed by atoms with Crippen LogP contribution in [0.5, 0.6) is 0 Å². The first-order chi connectivity index (χ1) is 6.57. The van der Waals surface area contributed by atoms with Crippen molar-refractivity contribution in [2.75, 3.05) is 13.6 Å². The Labute approximate surface area is 86.6 Å². The highest BCUT2D eigenvalue weighted by Gasteiger charge is 2.35. The minimum atomic E-state index is 0.0497. The highest BCUT2D eigenvalue weighted by molar-refractivity contribution is 5.79. The van der Waals surface area contributed by atoms with Crippen LogP contribution in [0.25, 0.3) is 0 Å². The minimum Gasteiger partial charge on any atom is -0.346 e. The standard InChI is InChI=1S/C11H22N2O/c1-4-13(3)11(14)10-8(2)6-5-7-9(10)12/h8-10H,4-7,12H2,1-3H3. The molecule has 1 aliphatic carbocycles. The van der Waals surface area contributed by atoms with Gasteiger partial charge in [-0.2, -0.15) is 0 Å². The topological polar surface area (TPSA) is 46.3 Å². The first-order valence-corrected chi connectivity index (χ1v) is 5.58. The van der Waals surface area contributed by atoms with Crippen molar-refractivity contribution in [2.45, 2.75) is 39.2 Å². The van der Waals surface area contributed by atoms with Crippen LogP contribution < -0.4 is 5.73 Å². The Kier molecular flexibility index (Phi) is 3.93. The van der Waals surface area contributed by atoms with Crippen LogP contribution in [-0.2, 0) is 4.79 Å². The van der Waals surface area contributed by atoms with Crippen molar-refractivity contribution in [1.82, 2.24) is 4.90 Å². The second-order valence-electron chi connectivity index (χ2n) is 4.45. The molecule has 1 fully saturated rings. The molecule has 82 valence electrons. The van der Waals surface area contributed by atoms with Gasteiger partial charge in [-0.25, -0.2) is 0 Å². The van der Waals surface area contributed by atoms with Crippen molar-refractivity contribution in [3.63, 3.8) is 0 Å². The SMILES string of the molecule is CCN(C)C(=O)C1C(C)CCCC1N. The molecule has 1 aliphatic rings. The molecule has 3 atom stereocenters. The second-order valence-corrected chi connectivity index (χ2v) is 4.45. The van der Waals surface area contributed by atoms with Gasteiger partial charge in [0, 0.05) is 19.6 Å². The van der Waals surface area contributed by atoms with Crippen LogP contribution in [0.2, 0.25) is 0 Å². The van der Waals surface area contributed by atoms with Gasteiger partial charge < -0.3 is 10.6 Å². The summed E-state index contributed by atoms with van der Waals surface area (Å²) in [6.07, 6.45) is 3.31. The number of hydrogen-bond donors (Lipinski definition) is 1. The van der Waals surface area contributed by atoms with Gasteiger partial charge in [-0.15, -0.1) is 0 Å². The highest BCUT2D eigenvalue weighted by atomic mass is 16.2. The molecule has 0 aromatic rings. The molecule has 0 aromatic carbocycles. The molecule has 0 aromatic heterocycles. The number of rotatable bonds is 2. The fourth-order valence-electron chi connectivity index (χ4n) is 2.29. The summed E-state index contributed by atoms with van der Waals surface area (Å²) < 4.78 is 0. The lowest BCUT2D eigenvalue weighted by molar-refractivity contribution is -0.137. The number of carbonyl (C=O) groups excluding carboxylic acids is 1. The smallest absolute Gasteiger partial charge is 0.227 e. The third-order valence-electron chi connectivity index (χ3n) is 3.41. The molecule has 3 heteroatoms. The zero-order chi connectivity index (χ0) is 10.7. The third kappa shape index (κ3) is 2.27. The average Bonchev–Trinajstić information content (AvgIpc) is 2.16. The van der Waals surface area contributed by atoms with Crippen molar-refractivity contribution in [1.29, 1.82) is 0 Å². The van der Waals surface area contributed by atoms with Gasteiger partial charge in [-0.1, -0.05) is 13.3 Å². The van der Waals surface area contributed by atoms with Gasteiger partial charge in [-0.05, 0) is 25.7 Å². The van der Waals surface area contributed by atoms with Crippen molar-refractivity contribution >= 4 is 5.91 Å². The maximum Gasteiger partial charge on any atom is 0.227 e. The van der Waals surface area contributed by atoms with E-state index in [0.29, 0.717) is 5.92 Å². The molecular formula is C11H22N2O. The zero-order valence-corrected chi connectivity index (χ0v) is 9.49. The molecule has 14 heavy (non-hydrogen) atoms. The lowest BCUT2D eigenvalue weighted by atomic mass is 9.76. The van der Waals surface area contributed by atoms with Crippen LogP contribution in [0.1, 0.15) is 33.1 Å². The molecule has 2 N–H and O–H groups in total. The second kappa shape index (κ2) is 4.78. The van der Waals surface area contributed by atoms with E-state index in [-0.39, 0.29) is 17.9 Å². The predicted molar refractivity (Wildman–Crippen MR) is 57.8 cm³/mol. The van der Waals surface area contributed by atoms with E-state index in [9.17, 15) is 4.79 Å². The van der Waals surface area contributed by atoms with Crippen LogP contribution in [-0.4, -0.2) is 30.4 Å². The van der Waals surface area contributed by atoms with E-state index in [4.69, 9.17) is 5.73 Å². The Bertz CT molecular complexity index is 195. The molecule has 0 bridgehead atoms. The lowest BCUT2D eigenvalue weighted by Crippen LogP contribution is -2.47. The summed E-state index contributed by atoms with van der Waals surface area (Å²) in [4.78, 5) is 13.8. The first kappa shape index (κ1) is 11.5. The van der Waals surface area contributed by atoms with Gasteiger partial charge in [0.1, 0.15) is 0 Å². The largest absolute Gasteiger partial charge is 0.346 e. The molecule has 1 saturated carbocycles. The Balaban J connectivity index is 2.67. The fourth-order valence-corrected chi connectivity index (χ4v) is 2.29. The number of nitrogens with two attached hydrogens (primary N) is 1. The van der Waals surface area contributed by atoms with E-state index in [1.54, 1.807) is 4.90 Å². The Morgan fingerprint density at radius 1 is 1.50 bits per heavy atom. The van der Waals surface area contributed by atoms with E-state index < -0.39 is 0 Å². The van der Waals surface area contributed by atoms with Gasteiger partial charge in [-0.3, -0.25) is 4.79 Å². The average molecular weight is 198 g/mol. The summed E-state index contributed by atoms with van der Waals surface area (Å²) in [6.45, 7) is 4.91. The van der Waals surface area contributed by atoms with Crippen molar-refractivity contribution in [3.8, 4) is 0 Å². The summed E-state index contributed by atoms with van der Waals surface area (Å²) in [5.41, 5.74) is 6.02. The summed E-state index contributed by atoms with van der Waals surface area (Å²) >= 11 is 0. The quantitative estimate of drug-likeness (QED) is 0.725. The first-order valence-electron chi connectivity index (χ1n) is 5.58. The Morgan fingerprint density at radius 2 is 2.14 bits per heavy atom. The molecule has 3 unspecified atom stereocenters. The van der Waals surface area contributed by atoms with Gasteiger partial charge in [0.2, 0.25) is 5.91 Å². The van der Waals surface area contributed by atoms with Crippen LogP contribution in [0.3, 0.4) is 0 Å². The Hall–Kier alpha value is -0.570. The normalized spacial score (nSPS) is 32.7. The monoisotopic (exact) mass is 198 g/mol. The Morgan fingerprint density at radius 3 is 2.64 bits per heavy atom. The number of nitrogens with zero attached hydrogens (tertiary/aromatic N) is 1. The number of amides is 1. The van der Waals surface area contributed by atoms with Gasteiger partial charge >= 0.3 is 0 Å². The highest BCUT2D eigenvalue weighted by Crippen LogP contribution is 2.30. The van der Waals surface area contributed by atoms with Crippen LogP contribution >= 0.6 is 0 Å². The van der Waals surface area contributed by atoms with Crippen LogP contribution in [0, 0.1) is 11.8 Å². The molecular weight excluding hydrogens is 176 g/mol. The van der Waals surface area contributed by atoms with Gasteiger partial charge in [0.15, 0.2) is 0 Å². The van der Waals surface area contributed by atoms with E-state index in [2.05, 4.69) is 6.92 Å². The molecule has 1 rings (SSSR count). The summed E-state index contributed by atoms with van der Waals surface area (Å²) in [5.74, 6) is 0.723. The molecule has 1 amide bonds. The van der Waals surface area contributed by atoms with Crippen molar-refractivity contribution < 1.29 is 4.79 Å². The van der Waals surface area contributed by atoms with Gasteiger partial charge in [0.25, 0.3) is 0 Å². The van der Waals surface area contributed by atoms with Crippen molar-refractivity contribution in [3.05, 3.63) is 0 Å². The fraction of sp³-hybridized carbons (Fsp3) is 0.909. The molecule has 0 saturated heterocycles. The van der Waals surface area contributed by atoms with E-state index >= 15 is 0 Å². The maximum absolute atomic E-state index is 12.0. The van der Waals surface area contributed by atoms with Crippen molar-refractivity contribution in [2.24, 2.45) is 17.6 Å². The molecule has 0 radical (unpaired) electrons. The maximum atomic E-state index is 12.0. The summed E-state index contributed by atoms with van der Waals surface area (Å²) in [5, 5.41) is 0. The molecule has 0 spiro atoms. The van der Waals surface area contributed by atoms with Crippen LogP contribution in [0.15, 0.2) is 0 Å². The zero-order valence-electron chi connectivity index (χ0n) is 9.49. The van der Waals surface area contributed by atoms with E-state index in [1.165, 1.54) is 6.42 Å². The van der Waals surface area contributed by atoms with Gasteiger partial charge in [0.05, 0.1) is 5.92 Å². The van der Waals surface area contributed by atoms with Crippen LogP contribution in [0.4, 0.5) is 0 Å². The molecule has 0 heterocycles. The predicted octanol–water partition coefficient (Wildman–Crippen LogP) is 1.23.